The summed E-state index contributed by atoms with van der Waals surface area (Å²) < 4.78 is 16.4. The number of carbonyl (C=O) groups excluding carboxylic acids is 1. The van der Waals surface area contributed by atoms with Crippen LogP contribution >= 0.6 is 0 Å². The minimum Gasteiger partial charge on any atom is -0.493 e. The highest BCUT2D eigenvalue weighted by molar-refractivity contribution is 5.92. The van der Waals surface area contributed by atoms with Gasteiger partial charge in [0, 0.05) is 6.42 Å². The quantitative estimate of drug-likeness (QED) is 0.709. The van der Waals surface area contributed by atoms with Crippen LogP contribution in [0.3, 0.4) is 0 Å². The van der Waals surface area contributed by atoms with Gasteiger partial charge < -0.3 is 19.5 Å². The van der Waals surface area contributed by atoms with Gasteiger partial charge in [0.15, 0.2) is 11.5 Å². The molecule has 5 heteroatoms. The fourth-order valence-corrected chi connectivity index (χ4v) is 2.22. The molecule has 0 aromatic heterocycles. The summed E-state index contributed by atoms with van der Waals surface area (Å²) >= 11 is 0. The molecule has 0 heterocycles. The Morgan fingerprint density at radius 3 is 2.33 bits per heavy atom. The molecule has 1 amide bonds. The molecule has 0 saturated carbocycles. The molecular weight excluding hydrogens is 306 g/mol. The van der Waals surface area contributed by atoms with Gasteiger partial charge in [0.2, 0.25) is 5.91 Å². The summed E-state index contributed by atoms with van der Waals surface area (Å²) in [7, 11) is 1.60. The molecule has 0 aliphatic heterocycles. The predicted octanol–water partition coefficient (Wildman–Crippen LogP) is 3.89. The van der Waals surface area contributed by atoms with Crippen LogP contribution in [0.4, 0.5) is 5.69 Å². The molecule has 128 valence electrons. The second kappa shape index (κ2) is 9.45. The zero-order chi connectivity index (χ0) is 17.2. The third-order valence-corrected chi connectivity index (χ3v) is 3.34. The topological polar surface area (TPSA) is 56.8 Å². The highest BCUT2D eigenvalue weighted by Gasteiger charge is 2.08. The van der Waals surface area contributed by atoms with E-state index in [4.69, 9.17) is 14.2 Å². The number of rotatable bonds is 9. The number of amides is 1. The van der Waals surface area contributed by atoms with Gasteiger partial charge in [-0.2, -0.15) is 0 Å². The highest BCUT2D eigenvalue weighted by Crippen LogP contribution is 2.26. The lowest BCUT2D eigenvalue weighted by atomic mass is 10.2. The van der Waals surface area contributed by atoms with Crippen LogP contribution in [0.1, 0.15) is 19.8 Å². The molecule has 0 saturated heterocycles. The molecule has 1 N–H and O–H groups in total. The lowest BCUT2D eigenvalue weighted by molar-refractivity contribution is -0.116. The van der Waals surface area contributed by atoms with Crippen LogP contribution in [-0.4, -0.2) is 26.2 Å². The zero-order valence-electron chi connectivity index (χ0n) is 14.1. The van der Waals surface area contributed by atoms with Crippen molar-refractivity contribution >= 4 is 11.6 Å². The maximum absolute atomic E-state index is 12.1. The average Bonchev–Trinajstić information content (AvgIpc) is 2.61. The van der Waals surface area contributed by atoms with E-state index >= 15 is 0 Å². The molecule has 0 aliphatic rings. The second-order valence-corrected chi connectivity index (χ2v) is 5.08. The first-order valence-electron chi connectivity index (χ1n) is 8.02. The summed E-state index contributed by atoms with van der Waals surface area (Å²) in [6.45, 7) is 2.91. The number of benzene rings is 2. The molecule has 2 rings (SSSR count). The number of carbonyl (C=O) groups is 1. The van der Waals surface area contributed by atoms with Gasteiger partial charge in [0.1, 0.15) is 5.75 Å². The predicted molar refractivity (Wildman–Crippen MR) is 94.0 cm³/mol. The molecule has 0 fully saturated rings. The van der Waals surface area contributed by atoms with Gasteiger partial charge in [-0.3, -0.25) is 4.79 Å². The smallest absolute Gasteiger partial charge is 0.224 e. The van der Waals surface area contributed by atoms with Gasteiger partial charge in [-0.25, -0.2) is 0 Å². The van der Waals surface area contributed by atoms with Crippen molar-refractivity contribution in [3.05, 3.63) is 48.5 Å². The molecule has 0 atom stereocenters. The summed E-state index contributed by atoms with van der Waals surface area (Å²) in [5, 5.41) is 2.87. The van der Waals surface area contributed by atoms with Crippen molar-refractivity contribution in [2.75, 3.05) is 25.6 Å². The Hall–Kier alpha value is -2.69. The molecule has 2 aromatic rings. The summed E-state index contributed by atoms with van der Waals surface area (Å²) in [5.74, 6) is 1.99. The van der Waals surface area contributed by atoms with E-state index in [-0.39, 0.29) is 5.91 Å². The zero-order valence-corrected chi connectivity index (χ0v) is 14.1. The van der Waals surface area contributed by atoms with Gasteiger partial charge in [-0.15, -0.1) is 0 Å². The van der Waals surface area contributed by atoms with Crippen molar-refractivity contribution in [1.82, 2.24) is 0 Å². The number of para-hydroxylation sites is 4. The molecule has 0 bridgehead atoms. The minimum atomic E-state index is -0.0641. The van der Waals surface area contributed by atoms with Crippen LogP contribution in [-0.2, 0) is 4.79 Å². The molecule has 0 aliphatic carbocycles. The maximum Gasteiger partial charge on any atom is 0.224 e. The largest absolute Gasteiger partial charge is 0.493 e. The van der Waals surface area contributed by atoms with E-state index in [9.17, 15) is 4.79 Å². The first kappa shape index (κ1) is 17.7. The van der Waals surface area contributed by atoms with E-state index < -0.39 is 0 Å². The molecule has 0 unspecified atom stereocenters. The fraction of sp³-hybridized carbons (Fsp3) is 0.316. The number of ether oxygens (including phenoxy) is 3. The van der Waals surface area contributed by atoms with E-state index in [0.29, 0.717) is 49.0 Å². The van der Waals surface area contributed by atoms with Crippen LogP contribution in [0.25, 0.3) is 0 Å². The molecule has 24 heavy (non-hydrogen) atoms. The molecule has 5 nitrogen and oxygen atoms in total. The SMILES string of the molecule is CCOc1ccccc1NC(=O)CCCOc1ccccc1OC. The van der Waals surface area contributed by atoms with E-state index in [2.05, 4.69) is 5.32 Å². The summed E-state index contributed by atoms with van der Waals surface area (Å²) in [5.41, 5.74) is 0.690. The van der Waals surface area contributed by atoms with Gasteiger partial charge in [-0.1, -0.05) is 24.3 Å². The third kappa shape index (κ3) is 5.19. The van der Waals surface area contributed by atoms with Crippen molar-refractivity contribution in [2.24, 2.45) is 0 Å². The number of nitrogens with one attached hydrogen (secondary N) is 1. The highest BCUT2D eigenvalue weighted by atomic mass is 16.5. The number of methoxy groups -OCH3 is 1. The first-order valence-corrected chi connectivity index (χ1v) is 8.02. The number of hydrogen-bond donors (Lipinski definition) is 1. The molecule has 2 aromatic carbocycles. The average molecular weight is 329 g/mol. The van der Waals surface area contributed by atoms with E-state index in [0.717, 1.165) is 0 Å². The van der Waals surface area contributed by atoms with Crippen LogP contribution in [0.15, 0.2) is 48.5 Å². The van der Waals surface area contributed by atoms with Gasteiger partial charge >= 0.3 is 0 Å². The summed E-state index contributed by atoms with van der Waals surface area (Å²) in [6, 6.07) is 14.9. The Balaban J connectivity index is 1.78. The monoisotopic (exact) mass is 329 g/mol. The third-order valence-electron chi connectivity index (χ3n) is 3.34. The van der Waals surface area contributed by atoms with Crippen molar-refractivity contribution < 1.29 is 19.0 Å². The van der Waals surface area contributed by atoms with Crippen molar-refractivity contribution in [3.8, 4) is 17.2 Å². The van der Waals surface area contributed by atoms with Crippen molar-refractivity contribution in [2.45, 2.75) is 19.8 Å². The first-order chi connectivity index (χ1) is 11.7. The van der Waals surface area contributed by atoms with E-state index in [1.165, 1.54) is 0 Å². The molecular formula is C19H23NO4. The minimum absolute atomic E-state index is 0.0641. The van der Waals surface area contributed by atoms with Gasteiger partial charge in [0.05, 0.1) is 26.0 Å². The lowest BCUT2D eigenvalue weighted by Gasteiger charge is -2.12. The summed E-state index contributed by atoms with van der Waals surface area (Å²) in [6.07, 6.45) is 0.982. The van der Waals surface area contributed by atoms with Crippen LogP contribution < -0.4 is 19.5 Å². The van der Waals surface area contributed by atoms with Crippen LogP contribution in [0.5, 0.6) is 17.2 Å². The van der Waals surface area contributed by atoms with E-state index in [1.54, 1.807) is 7.11 Å². The standard InChI is InChI=1S/C19H23NO4/c1-3-23-16-10-5-4-9-15(16)20-19(21)13-8-14-24-18-12-7-6-11-17(18)22-2/h4-7,9-12H,3,8,13-14H2,1-2H3,(H,20,21). The second-order valence-electron chi connectivity index (χ2n) is 5.08. The fourth-order valence-electron chi connectivity index (χ4n) is 2.22. The number of hydrogen-bond acceptors (Lipinski definition) is 4. The summed E-state index contributed by atoms with van der Waals surface area (Å²) in [4.78, 5) is 12.1. The van der Waals surface area contributed by atoms with Gasteiger partial charge in [0.25, 0.3) is 0 Å². The van der Waals surface area contributed by atoms with Crippen molar-refractivity contribution in [1.29, 1.82) is 0 Å². The molecule has 0 radical (unpaired) electrons. The van der Waals surface area contributed by atoms with E-state index in [1.807, 2.05) is 55.5 Å². The lowest BCUT2D eigenvalue weighted by Crippen LogP contribution is -2.13. The van der Waals surface area contributed by atoms with Crippen LogP contribution in [0, 0.1) is 0 Å². The Bertz CT molecular complexity index is 657. The van der Waals surface area contributed by atoms with Crippen molar-refractivity contribution in [3.63, 3.8) is 0 Å². The van der Waals surface area contributed by atoms with Crippen LogP contribution in [0.2, 0.25) is 0 Å². The molecule has 0 spiro atoms. The number of anilines is 1. The Morgan fingerprint density at radius 2 is 1.62 bits per heavy atom. The Kier molecular flexibility index (Phi) is 6.95. The maximum atomic E-state index is 12.1. The Labute approximate surface area is 142 Å². The van der Waals surface area contributed by atoms with Gasteiger partial charge in [-0.05, 0) is 37.6 Å². The normalized spacial score (nSPS) is 10.1. The Morgan fingerprint density at radius 1 is 0.958 bits per heavy atom.